The number of carboxylic acids is 1. The second-order valence-electron chi connectivity index (χ2n) is 3.08. The van der Waals surface area contributed by atoms with E-state index in [2.05, 4.69) is 4.98 Å². The molecule has 2 aromatic rings. The zero-order valence-electron chi connectivity index (χ0n) is 8.29. The van der Waals surface area contributed by atoms with Gasteiger partial charge < -0.3 is 14.3 Å². The van der Waals surface area contributed by atoms with Crippen LogP contribution in [0.15, 0.2) is 41.3 Å². The average molecular weight is 219 g/mol. The molecule has 2 rings (SSSR count). The number of ether oxygens (including phenoxy) is 1. The minimum Gasteiger partial charge on any atom is -0.486 e. The van der Waals surface area contributed by atoms with Gasteiger partial charge in [-0.2, -0.15) is 0 Å². The molecule has 5 nitrogen and oxygen atoms in total. The Morgan fingerprint density at radius 3 is 3.06 bits per heavy atom. The maximum atomic E-state index is 10.8. The zero-order valence-corrected chi connectivity index (χ0v) is 8.29. The lowest BCUT2D eigenvalue weighted by molar-refractivity contribution is 0.0685. The van der Waals surface area contributed by atoms with Gasteiger partial charge in [0.05, 0.1) is 12.5 Å². The summed E-state index contributed by atoms with van der Waals surface area (Å²) < 4.78 is 10.2. The largest absolute Gasteiger partial charge is 0.486 e. The first kappa shape index (κ1) is 10.2. The number of hydrogen-bond donors (Lipinski definition) is 1. The summed E-state index contributed by atoms with van der Waals surface area (Å²) in [6, 6.07) is 4.94. The van der Waals surface area contributed by atoms with E-state index in [1.165, 1.54) is 18.7 Å². The molecule has 0 spiro atoms. The van der Waals surface area contributed by atoms with Gasteiger partial charge in [-0.15, -0.1) is 0 Å². The van der Waals surface area contributed by atoms with E-state index in [1.807, 2.05) is 0 Å². The Bertz CT molecular complexity index is 478. The molecule has 0 bridgehead atoms. The van der Waals surface area contributed by atoms with Crippen LogP contribution in [0.25, 0.3) is 0 Å². The molecular weight excluding hydrogens is 210 g/mol. The molecule has 0 aromatic carbocycles. The van der Waals surface area contributed by atoms with E-state index >= 15 is 0 Å². The lowest BCUT2D eigenvalue weighted by Crippen LogP contribution is -2.05. The molecule has 0 unspecified atom stereocenters. The Morgan fingerprint density at radius 1 is 1.50 bits per heavy atom. The average Bonchev–Trinajstić information content (AvgIpc) is 2.79. The standard InChI is InChI=1S/C11H9NO4/c13-11(14)10-9(2-1-4-12-10)16-7-8-3-5-15-6-8/h1-6H,7H2,(H,13,14). The van der Waals surface area contributed by atoms with E-state index in [9.17, 15) is 4.79 Å². The third-order valence-electron chi connectivity index (χ3n) is 1.95. The highest BCUT2D eigenvalue weighted by Gasteiger charge is 2.12. The van der Waals surface area contributed by atoms with Crippen molar-refractivity contribution in [3.05, 3.63) is 48.2 Å². The van der Waals surface area contributed by atoms with Crippen LogP contribution in [-0.4, -0.2) is 16.1 Å². The highest BCUT2D eigenvalue weighted by atomic mass is 16.5. The molecule has 2 aromatic heterocycles. The lowest BCUT2D eigenvalue weighted by Gasteiger charge is -2.06. The van der Waals surface area contributed by atoms with Crippen LogP contribution in [0, 0.1) is 0 Å². The summed E-state index contributed by atoms with van der Waals surface area (Å²) in [5.41, 5.74) is 0.742. The summed E-state index contributed by atoms with van der Waals surface area (Å²) in [6.45, 7) is 0.252. The van der Waals surface area contributed by atoms with Crippen molar-refractivity contribution in [3.8, 4) is 5.75 Å². The van der Waals surface area contributed by atoms with Crippen molar-refractivity contribution in [2.45, 2.75) is 6.61 Å². The summed E-state index contributed by atoms with van der Waals surface area (Å²) >= 11 is 0. The van der Waals surface area contributed by atoms with Gasteiger partial charge in [0.15, 0.2) is 11.4 Å². The molecule has 2 heterocycles. The van der Waals surface area contributed by atoms with Gasteiger partial charge in [0.1, 0.15) is 6.61 Å². The predicted molar refractivity (Wildman–Crippen MR) is 54.2 cm³/mol. The summed E-state index contributed by atoms with van der Waals surface area (Å²) in [6.07, 6.45) is 4.48. The smallest absolute Gasteiger partial charge is 0.358 e. The molecule has 0 atom stereocenters. The Kier molecular flexibility index (Phi) is 2.86. The van der Waals surface area contributed by atoms with Gasteiger partial charge in [0, 0.05) is 11.8 Å². The number of carboxylic acid groups (broad SMARTS) is 1. The van der Waals surface area contributed by atoms with Crippen LogP contribution in [0.3, 0.4) is 0 Å². The van der Waals surface area contributed by atoms with Gasteiger partial charge >= 0.3 is 5.97 Å². The number of pyridine rings is 1. The quantitative estimate of drug-likeness (QED) is 0.850. The summed E-state index contributed by atoms with van der Waals surface area (Å²) in [4.78, 5) is 14.6. The van der Waals surface area contributed by atoms with Gasteiger partial charge in [-0.1, -0.05) is 0 Å². The Balaban J connectivity index is 2.12. The number of rotatable bonds is 4. The van der Waals surface area contributed by atoms with Crippen molar-refractivity contribution in [3.63, 3.8) is 0 Å². The SMILES string of the molecule is O=C(O)c1ncccc1OCc1ccoc1. The maximum Gasteiger partial charge on any atom is 0.358 e. The van der Waals surface area contributed by atoms with Gasteiger partial charge in [-0.3, -0.25) is 0 Å². The fraction of sp³-hybridized carbons (Fsp3) is 0.0909. The second-order valence-corrected chi connectivity index (χ2v) is 3.08. The van der Waals surface area contributed by atoms with E-state index in [4.69, 9.17) is 14.3 Å². The monoisotopic (exact) mass is 219 g/mol. The third-order valence-corrected chi connectivity index (χ3v) is 1.95. The normalized spacial score (nSPS) is 10.0. The van der Waals surface area contributed by atoms with E-state index in [1.54, 1.807) is 18.2 Å². The lowest BCUT2D eigenvalue weighted by atomic mass is 10.3. The van der Waals surface area contributed by atoms with Crippen molar-refractivity contribution < 1.29 is 19.1 Å². The first-order valence-corrected chi connectivity index (χ1v) is 4.59. The highest BCUT2D eigenvalue weighted by Crippen LogP contribution is 2.16. The van der Waals surface area contributed by atoms with Crippen LogP contribution < -0.4 is 4.74 Å². The van der Waals surface area contributed by atoms with Gasteiger partial charge in [-0.25, -0.2) is 9.78 Å². The number of aromatic nitrogens is 1. The highest BCUT2D eigenvalue weighted by molar-refractivity contribution is 5.88. The molecule has 0 fully saturated rings. The minimum atomic E-state index is -1.11. The Morgan fingerprint density at radius 2 is 2.38 bits per heavy atom. The molecule has 16 heavy (non-hydrogen) atoms. The minimum absolute atomic E-state index is 0.0917. The van der Waals surface area contributed by atoms with Crippen molar-refractivity contribution in [2.24, 2.45) is 0 Å². The van der Waals surface area contributed by atoms with Crippen LogP contribution in [0.4, 0.5) is 0 Å². The fourth-order valence-electron chi connectivity index (χ4n) is 1.20. The van der Waals surface area contributed by atoms with Crippen LogP contribution in [-0.2, 0) is 6.61 Å². The first-order chi connectivity index (χ1) is 7.77. The number of nitrogens with zero attached hydrogens (tertiary/aromatic N) is 1. The van der Waals surface area contributed by atoms with Crippen molar-refractivity contribution >= 4 is 5.97 Å². The number of aromatic carboxylic acids is 1. The van der Waals surface area contributed by atoms with Gasteiger partial charge in [0.2, 0.25) is 0 Å². The molecule has 0 radical (unpaired) electrons. The molecule has 0 amide bonds. The van der Waals surface area contributed by atoms with E-state index in [0.717, 1.165) is 5.56 Å². The first-order valence-electron chi connectivity index (χ1n) is 4.59. The molecule has 0 aliphatic heterocycles. The number of furan rings is 1. The van der Waals surface area contributed by atoms with Crippen molar-refractivity contribution in [1.82, 2.24) is 4.98 Å². The van der Waals surface area contributed by atoms with Gasteiger partial charge in [-0.05, 0) is 18.2 Å². The van der Waals surface area contributed by atoms with E-state index in [-0.39, 0.29) is 18.1 Å². The predicted octanol–water partition coefficient (Wildman–Crippen LogP) is 1.95. The summed E-state index contributed by atoms with van der Waals surface area (Å²) in [7, 11) is 0. The molecule has 1 N–H and O–H groups in total. The molecule has 0 aliphatic carbocycles. The maximum absolute atomic E-state index is 10.8. The molecule has 0 aliphatic rings. The summed E-state index contributed by atoms with van der Waals surface area (Å²) in [5.74, 6) is -0.862. The third kappa shape index (κ3) is 2.20. The number of hydrogen-bond acceptors (Lipinski definition) is 4. The molecule has 0 saturated heterocycles. The van der Waals surface area contributed by atoms with E-state index in [0.29, 0.717) is 0 Å². The van der Waals surface area contributed by atoms with Crippen molar-refractivity contribution in [2.75, 3.05) is 0 Å². The van der Waals surface area contributed by atoms with Crippen LogP contribution >= 0.6 is 0 Å². The molecule has 82 valence electrons. The van der Waals surface area contributed by atoms with Crippen LogP contribution in [0.2, 0.25) is 0 Å². The summed E-state index contributed by atoms with van der Waals surface area (Å²) in [5, 5.41) is 8.86. The second kappa shape index (κ2) is 4.48. The molecule has 0 saturated carbocycles. The Hall–Kier alpha value is -2.30. The zero-order chi connectivity index (χ0) is 11.4. The fourth-order valence-corrected chi connectivity index (χ4v) is 1.20. The van der Waals surface area contributed by atoms with Crippen molar-refractivity contribution in [1.29, 1.82) is 0 Å². The topological polar surface area (TPSA) is 72.6 Å². The van der Waals surface area contributed by atoms with Crippen LogP contribution in [0.1, 0.15) is 16.1 Å². The van der Waals surface area contributed by atoms with E-state index < -0.39 is 5.97 Å². The molecular formula is C11H9NO4. The Labute approximate surface area is 91.3 Å². The van der Waals surface area contributed by atoms with Crippen LogP contribution in [0.5, 0.6) is 5.75 Å². The van der Waals surface area contributed by atoms with Gasteiger partial charge in [0.25, 0.3) is 0 Å². The number of carbonyl (C=O) groups is 1. The molecule has 5 heteroatoms.